The minimum atomic E-state index is -2.92. The lowest BCUT2D eigenvalue weighted by Crippen LogP contribution is -2.41. The predicted octanol–water partition coefficient (Wildman–Crippen LogP) is 2.60. The van der Waals surface area contributed by atoms with E-state index in [1.807, 2.05) is 13.0 Å². The van der Waals surface area contributed by atoms with Gasteiger partial charge in [0.15, 0.2) is 0 Å². The van der Waals surface area contributed by atoms with Crippen LogP contribution < -0.4 is 5.32 Å². The van der Waals surface area contributed by atoms with Gasteiger partial charge in [0.25, 0.3) is 0 Å². The van der Waals surface area contributed by atoms with Crippen molar-refractivity contribution in [1.82, 2.24) is 9.88 Å². The lowest BCUT2D eigenvalue weighted by Gasteiger charge is -2.33. The molecule has 1 aliphatic heterocycles. The highest BCUT2D eigenvalue weighted by atomic mass is 32.2. The fourth-order valence-electron chi connectivity index (χ4n) is 3.27. The van der Waals surface area contributed by atoms with Crippen molar-refractivity contribution in [2.45, 2.75) is 25.8 Å². The molecule has 0 saturated carbocycles. The van der Waals surface area contributed by atoms with Crippen molar-refractivity contribution in [2.75, 3.05) is 37.0 Å². The Morgan fingerprint density at radius 1 is 1.28 bits per heavy atom. The molecule has 0 unspecified atom stereocenters. The van der Waals surface area contributed by atoms with E-state index in [2.05, 4.69) is 15.2 Å². The third-order valence-electron chi connectivity index (χ3n) is 4.62. The summed E-state index contributed by atoms with van der Waals surface area (Å²) < 4.78 is 36.2. The van der Waals surface area contributed by atoms with Crippen molar-refractivity contribution in [3.63, 3.8) is 0 Å². The van der Waals surface area contributed by atoms with E-state index >= 15 is 0 Å². The number of aryl methyl sites for hydroxylation is 1. The maximum Gasteiger partial charge on any atom is 0.148 e. The third-order valence-corrected chi connectivity index (χ3v) is 5.55. The average molecular weight is 365 g/mol. The molecule has 5 nitrogen and oxygen atoms in total. The second kappa shape index (κ2) is 7.25. The van der Waals surface area contributed by atoms with Crippen LogP contribution >= 0.6 is 0 Å². The Balaban J connectivity index is 1.66. The number of anilines is 1. The molecule has 0 spiro atoms. The Hall–Kier alpha value is -1.73. The summed E-state index contributed by atoms with van der Waals surface area (Å²) in [6, 6.07) is 6.90. The number of sulfone groups is 1. The quantitative estimate of drug-likeness (QED) is 0.882. The normalized spacial score (nSPS) is 17.1. The molecular formula is C18H24FN3O2S. The van der Waals surface area contributed by atoms with Crippen molar-refractivity contribution in [3.05, 3.63) is 35.8 Å². The van der Waals surface area contributed by atoms with Gasteiger partial charge < -0.3 is 10.2 Å². The number of pyridine rings is 1. The summed E-state index contributed by atoms with van der Waals surface area (Å²) in [5.41, 5.74) is 2.60. The number of benzene rings is 1. The Labute approximate surface area is 148 Å². The minimum absolute atomic E-state index is 0.207. The Kier molecular flexibility index (Phi) is 5.24. The average Bonchev–Trinajstić information content (AvgIpc) is 2.54. The van der Waals surface area contributed by atoms with Crippen molar-refractivity contribution in [1.29, 1.82) is 0 Å². The second-order valence-electron chi connectivity index (χ2n) is 6.86. The molecule has 1 aromatic heterocycles. The largest absolute Gasteiger partial charge is 0.382 e. The molecule has 0 amide bonds. The highest BCUT2D eigenvalue weighted by Gasteiger charge is 2.20. The molecule has 0 aliphatic carbocycles. The van der Waals surface area contributed by atoms with Gasteiger partial charge in [0, 0.05) is 48.7 Å². The van der Waals surface area contributed by atoms with Crippen LogP contribution in [0.3, 0.4) is 0 Å². The van der Waals surface area contributed by atoms with Crippen molar-refractivity contribution in [2.24, 2.45) is 0 Å². The highest BCUT2D eigenvalue weighted by Crippen LogP contribution is 2.26. The van der Waals surface area contributed by atoms with Gasteiger partial charge in [-0.25, -0.2) is 12.8 Å². The number of nitrogens with one attached hydrogen (secondary N) is 1. The molecule has 1 aliphatic rings. The fraction of sp³-hybridized carbons (Fsp3) is 0.500. The van der Waals surface area contributed by atoms with Crippen molar-refractivity contribution < 1.29 is 12.8 Å². The first-order chi connectivity index (χ1) is 11.8. The summed E-state index contributed by atoms with van der Waals surface area (Å²) in [5.74, 6) is -0.0600. The van der Waals surface area contributed by atoms with Gasteiger partial charge in [0.1, 0.15) is 15.7 Å². The fourth-order valence-corrected chi connectivity index (χ4v) is 3.86. The summed E-state index contributed by atoms with van der Waals surface area (Å²) in [6.07, 6.45) is 3.14. The monoisotopic (exact) mass is 365 g/mol. The Bertz CT molecular complexity index is 862. The van der Waals surface area contributed by atoms with Crippen LogP contribution in [-0.4, -0.2) is 56.0 Å². The molecule has 2 aromatic rings. The van der Waals surface area contributed by atoms with Crippen LogP contribution in [-0.2, 0) is 9.84 Å². The van der Waals surface area contributed by atoms with Gasteiger partial charge in [-0.1, -0.05) is 0 Å². The SMILES string of the molecule is Cc1cc(NC2CCN(CCS(C)(=O)=O)CC2)c2cc(F)ccc2n1. The Morgan fingerprint density at radius 3 is 2.68 bits per heavy atom. The molecule has 1 fully saturated rings. The molecular weight excluding hydrogens is 341 g/mol. The maximum absolute atomic E-state index is 13.6. The molecule has 7 heteroatoms. The number of fused-ring (bicyclic) bond motifs is 1. The van der Waals surface area contributed by atoms with Crippen LogP contribution in [0.25, 0.3) is 10.9 Å². The molecule has 0 radical (unpaired) electrons. The van der Waals surface area contributed by atoms with E-state index in [-0.39, 0.29) is 11.6 Å². The summed E-state index contributed by atoms with van der Waals surface area (Å²) in [5, 5.41) is 4.33. The molecule has 1 N–H and O–H groups in total. The van der Waals surface area contributed by atoms with E-state index in [0.29, 0.717) is 12.6 Å². The number of hydrogen-bond acceptors (Lipinski definition) is 5. The standard InChI is InChI=1S/C18H24FN3O2S/c1-13-11-18(16-12-14(19)3-4-17(16)20-13)21-15-5-7-22(8-6-15)9-10-25(2,23)24/h3-4,11-12,15H,5-10H2,1-2H3,(H,20,21). The summed E-state index contributed by atoms with van der Waals surface area (Å²) in [7, 11) is -2.92. The molecule has 136 valence electrons. The maximum atomic E-state index is 13.6. The first-order valence-corrected chi connectivity index (χ1v) is 10.6. The van der Waals surface area contributed by atoms with Crippen LogP contribution in [0, 0.1) is 12.7 Å². The van der Waals surface area contributed by atoms with Crippen molar-refractivity contribution in [3.8, 4) is 0 Å². The zero-order valence-electron chi connectivity index (χ0n) is 14.6. The number of piperidine rings is 1. The number of halogens is 1. The van der Waals surface area contributed by atoms with Crippen molar-refractivity contribution >= 4 is 26.4 Å². The van der Waals surface area contributed by atoms with E-state index in [4.69, 9.17) is 0 Å². The predicted molar refractivity (Wildman–Crippen MR) is 99.2 cm³/mol. The molecule has 3 rings (SSSR count). The highest BCUT2D eigenvalue weighted by molar-refractivity contribution is 7.90. The first kappa shape index (κ1) is 18.1. The number of hydrogen-bond donors (Lipinski definition) is 1. The first-order valence-electron chi connectivity index (χ1n) is 8.54. The second-order valence-corrected chi connectivity index (χ2v) is 9.12. The third kappa shape index (κ3) is 4.89. The topological polar surface area (TPSA) is 62.3 Å². The number of nitrogens with zero attached hydrogens (tertiary/aromatic N) is 2. The van der Waals surface area contributed by atoms with Gasteiger partial charge in [-0.05, 0) is 44.0 Å². The van der Waals surface area contributed by atoms with E-state index in [0.717, 1.165) is 48.2 Å². The van der Waals surface area contributed by atoms with Crippen LogP contribution in [0.2, 0.25) is 0 Å². The van der Waals surface area contributed by atoms with E-state index in [1.54, 1.807) is 6.07 Å². The van der Waals surface area contributed by atoms with Gasteiger partial charge in [-0.3, -0.25) is 4.98 Å². The Morgan fingerprint density at radius 2 is 2.00 bits per heavy atom. The summed E-state index contributed by atoms with van der Waals surface area (Å²) in [4.78, 5) is 6.65. The lowest BCUT2D eigenvalue weighted by atomic mass is 10.0. The summed E-state index contributed by atoms with van der Waals surface area (Å²) >= 11 is 0. The van der Waals surface area contributed by atoms with Gasteiger partial charge in [0.2, 0.25) is 0 Å². The zero-order valence-corrected chi connectivity index (χ0v) is 15.4. The summed E-state index contributed by atoms with van der Waals surface area (Å²) in [6.45, 7) is 4.25. The van der Waals surface area contributed by atoms with E-state index < -0.39 is 9.84 Å². The van der Waals surface area contributed by atoms with Gasteiger partial charge in [-0.2, -0.15) is 0 Å². The van der Waals surface area contributed by atoms with Crippen LogP contribution in [0.1, 0.15) is 18.5 Å². The molecule has 0 atom stereocenters. The van der Waals surface area contributed by atoms with Gasteiger partial charge in [-0.15, -0.1) is 0 Å². The number of aromatic nitrogens is 1. The number of rotatable bonds is 5. The lowest BCUT2D eigenvalue weighted by molar-refractivity contribution is 0.230. The van der Waals surface area contributed by atoms with Crippen LogP contribution in [0.4, 0.5) is 10.1 Å². The molecule has 1 aromatic carbocycles. The van der Waals surface area contributed by atoms with E-state index in [9.17, 15) is 12.8 Å². The minimum Gasteiger partial charge on any atom is -0.382 e. The van der Waals surface area contributed by atoms with Crippen LogP contribution in [0.15, 0.2) is 24.3 Å². The van der Waals surface area contributed by atoms with Crippen LogP contribution in [0.5, 0.6) is 0 Å². The number of likely N-dealkylation sites (tertiary alicyclic amines) is 1. The molecule has 2 heterocycles. The van der Waals surface area contributed by atoms with E-state index in [1.165, 1.54) is 18.4 Å². The van der Waals surface area contributed by atoms with Gasteiger partial charge >= 0.3 is 0 Å². The zero-order chi connectivity index (χ0) is 18.0. The smallest absolute Gasteiger partial charge is 0.148 e. The molecule has 0 bridgehead atoms. The molecule has 25 heavy (non-hydrogen) atoms. The van der Waals surface area contributed by atoms with Gasteiger partial charge in [0.05, 0.1) is 11.3 Å². The molecule has 1 saturated heterocycles.